The van der Waals surface area contributed by atoms with Gasteiger partial charge in [0.15, 0.2) is 0 Å². The topological polar surface area (TPSA) is 64.3 Å². The first kappa shape index (κ1) is 19.7. The number of nitrogens with one attached hydrogen (secondary N) is 1. The summed E-state index contributed by atoms with van der Waals surface area (Å²) in [5, 5.41) is 3.70. The van der Waals surface area contributed by atoms with Crippen molar-refractivity contribution in [2.45, 2.75) is 77.1 Å². The van der Waals surface area contributed by atoms with Gasteiger partial charge in [0.25, 0.3) is 6.47 Å². The number of carbonyl (C=O) groups excluding carboxylic acids is 1. The summed E-state index contributed by atoms with van der Waals surface area (Å²) >= 11 is 0. The summed E-state index contributed by atoms with van der Waals surface area (Å²) in [4.78, 5) is 9.60. The van der Waals surface area contributed by atoms with Crippen LogP contribution in [0.4, 0.5) is 0 Å². The van der Waals surface area contributed by atoms with E-state index in [2.05, 4.69) is 47.3 Å². The van der Waals surface area contributed by atoms with Crippen LogP contribution in [0.3, 0.4) is 0 Å². The average Bonchev–Trinajstić information content (AvgIpc) is 2.47. The third-order valence-corrected chi connectivity index (χ3v) is 3.87. The molecule has 2 rings (SSSR count). The standard InChI is InChI=1S/C14H22N2.C5H10O2/c1-2-13-9-12(15)10-14(16-13)8-11-6-4-3-5-7-11;1-5(2,3)7-4-6/h3-7,12-14,16H,2,8-10,15H2,1H3;4H,1-3H3. The summed E-state index contributed by atoms with van der Waals surface area (Å²) in [6.45, 7) is 8.15. The molecule has 23 heavy (non-hydrogen) atoms. The highest BCUT2D eigenvalue weighted by atomic mass is 16.5. The maximum atomic E-state index is 9.60. The normalized spacial score (nSPS) is 24.3. The Kier molecular flexibility index (Phi) is 8.28. The molecule has 0 aliphatic carbocycles. The number of hydrogen-bond donors (Lipinski definition) is 2. The molecule has 0 radical (unpaired) electrons. The average molecular weight is 320 g/mol. The van der Waals surface area contributed by atoms with Crippen molar-refractivity contribution in [2.24, 2.45) is 5.73 Å². The number of carbonyl (C=O) groups is 1. The van der Waals surface area contributed by atoms with E-state index >= 15 is 0 Å². The fourth-order valence-electron chi connectivity index (χ4n) is 2.77. The van der Waals surface area contributed by atoms with E-state index in [1.165, 1.54) is 12.0 Å². The molecule has 1 fully saturated rings. The van der Waals surface area contributed by atoms with Crippen LogP contribution in [0.5, 0.6) is 0 Å². The third-order valence-electron chi connectivity index (χ3n) is 3.87. The van der Waals surface area contributed by atoms with Gasteiger partial charge in [-0.3, -0.25) is 4.79 Å². The number of hydrogen-bond acceptors (Lipinski definition) is 4. The minimum absolute atomic E-state index is 0.318. The van der Waals surface area contributed by atoms with Crippen molar-refractivity contribution in [3.05, 3.63) is 35.9 Å². The van der Waals surface area contributed by atoms with Gasteiger partial charge in [-0.2, -0.15) is 0 Å². The summed E-state index contributed by atoms with van der Waals surface area (Å²) < 4.78 is 4.55. The van der Waals surface area contributed by atoms with Crippen molar-refractivity contribution in [2.75, 3.05) is 0 Å². The van der Waals surface area contributed by atoms with Gasteiger partial charge in [-0.25, -0.2) is 0 Å². The Morgan fingerprint density at radius 2 is 1.83 bits per heavy atom. The Morgan fingerprint density at radius 3 is 2.30 bits per heavy atom. The number of nitrogens with two attached hydrogens (primary N) is 1. The first-order chi connectivity index (χ1) is 10.8. The maximum absolute atomic E-state index is 9.60. The fraction of sp³-hybridized carbons (Fsp3) is 0.632. The first-order valence-electron chi connectivity index (χ1n) is 8.51. The van der Waals surface area contributed by atoms with E-state index < -0.39 is 0 Å². The van der Waals surface area contributed by atoms with Gasteiger partial charge in [0.1, 0.15) is 5.60 Å². The number of piperidine rings is 1. The van der Waals surface area contributed by atoms with Crippen LogP contribution < -0.4 is 11.1 Å². The van der Waals surface area contributed by atoms with Crippen molar-refractivity contribution in [1.82, 2.24) is 5.32 Å². The van der Waals surface area contributed by atoms with Gasteiger partial charge in [0.05, 0.1) is 0 Å². The number of benzene rings is 1. The smallest absolute Gasteiger partial charge is 0.293 e. The maximum Gasteiger partial charge on any atom is 0.293 e. The van der Waals surface area contributed by atoms with E-state index in [0.717, 1.165) is 19.3 Å². The van der Waals surface area contributed by atoms with Crippen LogP contribution in [0.25, 0.3) is 0 Å². The van der Waals surface area contributed by atoms with Crippen molar-refractivity contribution in [1.29, 1.82) is 0 Å². The number of ether oxygens (including phenoxy) is 1. The second-order valence-electron chi connectivity index (χ2n) is 7.22. The van der Waals surface area contributed by atoms with Gasteiger partial charge >= 0.3 is 0 Å². The van der Waals surface area contributed by atoms with Crippen LogP contribution in [-0.4, -0.2) is 30.2 Å². The van der Waals surface area contributed by atoms with Gasteiger partial charge in [-0.1, -0.05) is 37.3 Å². The molecule has 3 N–H and O–H groups in total. The molecule has 0 aromatic heterocycles. The van der Waals surface area contributed by atoms with Gasteiger partial charge in [0.2, 0.25) is 0 Å². The molecule has 1 heterocycles. The van der Waals surface area contributed by atoms with E-state index in [0.29, 0.717) is 24.6 Å². The second kappa shape index (κ2) is 9.68. The molecular weight excluding hydrogens is 288 g/mol. The predicted molar refractivity (Wildman–Crippen MR) is 95.3 cm³/mol. The fourth-order valence-corrected chi connectivity index (χ4v) is 2.77. The van der Waals surface area contributed by atoms with Crippen LogP contribution in [0.1, 0.15) is 52.5 Å². The Hall–Kier alpha value is -1.39. The van der Waals surface area contributed by atoms with Crippen molar-refractivity contribution >= 4 is 6.47 Å². The lowest BCUT2D eigenvalue weighted by Gasteiger charge is -2.34. The van der Waals surface area contributed by atoms with Gasteiger partial charge < -0.3 is 15.8 Å². The number of rotatable bonds is 4. The van der Waals surface area contributed by atoms with Gasteiger partial charge in [-0.15, -0.1) is 0 Å². The summed E-state index contributed by atoms with van der Waals surface area (Å²) in [5.74, 6) is 0. The van der Waals surface area contributed by atoms with Crippen molar-refractivity contribution in [3.8, 4) is 0 Å². The zero-order chi connectivity index (χ0) is 17.3. The van der Waals surface area contributed by atoms with Gasteiger partial charge in [0, 0.05) is 18.1 Å². The zero-order valence-corrected chi connectivity index (χ0v) is 14.9. The summed E-state index contributed by atoms with van der Waals surface area (Å²) in [5.41, 5.74) is 7.19. The first-order valence-corrected chi connectivity index (χ1v) is 8.51. The van der Waals surface area contributed by atoms with Crippen LogP contribution in [0, 0.1) is 0 Å². The highest BCUT2D eigenvalue weighted by Gasteiger charge is 2.24. The highest BCUT2D eigenvalue weighted by molar-refractivity contribution is 5.37. The van der Waals surface area contributed by atoms with Crippen molar-refractivity contribution in [3.63, 3.8) is 0 Å². The molecule has 3 atom stereocenters. The second-order valence-corrected chi connectivity index (χ2v) is 7.22. The molecule has 1 aliphatic heterocycles. The molecule has 130 valence electrons. The monoisotopic (exact) mass is 320 g/mol. The van der Waals surface area contributed by atoms with Crippen molar-refractivity contribution < 1.29 is 9.53 Å². The lowest BCUT2D eigenvalue weighted by atomic mass is 9.90. The Balaban J connectivity index is 0.000000322. The highest BCUT2D eigenvalue weighted by Crippen LogP contribution is 2.17. The van der Waals surface area contributed by atoms with E-state index in [1.54, 1.807) is 0 Å². The predicted octanol–water partition coefficient (Wildman–Crippen LogP) is 3.04. The molecule has 1 aliphatic rings. The molecular formula is C19H32N2O2. The van der Waals surface area contributed by atoms with E-state index in [-0.39, 0.29) is 5.60 Å². The zero-order valence-electron chi connectivity index (χ0n) is 14.9. The molecule has 4 heteroatoms. The van der Waals surface area contributed by atoms with Crippen LogP contribution in [0.15, 0.2) is 30.3 Å². The van der Waals surface area contributed by atoms with E-state index in [9.17, 15) is 4.79 Å². The summed E-state index contributed by atoms with van der Waals surface area (Å²) in [6, 6.07) is 12.2. The summed E-state index contributed by atoms with van der Waals surface area (Å²) in [7, 11) is 0. The SMILES string of the molecule is CC(C)(C)OC=O.CCC1CC(N)CC(Cc2ccccc2)N1. The molecule has 1 aromatic rings. The third kappa shape index (κ3) is 8.72. The largest absolute Gasteiger partial charge is 0.462 e. The van der Waals surface area contributed by atoms with E-state index in [1.807, 2.05) is 20.8 Å². The molecule has 0 amide bonds. The minimum atomic E-state index is -0.318. The molecule has 0 bridgehead atoms. The lowest BCUT2D eigenvalue weighted by molar-refractivity contribution is -0.138. The molecule has 0 saturated carbocycles. The van der Waals surface area contributed by atoms with E-state index in [4.69, 9.17) is 5.73 Å². The Morgan fingerprint density at radius 1 is 1.22 bits per heavy atom. The summed E-state index contributed by atoms with van der Waals surface area (Å²) in [6.07, 6.45) is 4.51. The Labute approximate surface area is 140 Å². The molecule has 1 saturated heterocycles. The van der Waals surface area contributed by atoms with Gasteiger partial charge in [-0.05, 0) is 52.0 Å². The van der Waals surface area contributed by atoms with Crippen LogP contribution >= 0.6 is 0 Å². The Bertz CT molecular complexity index is 442. The minimum Gasteiger partial charge on any atom is -0.462 e. The molecule has 0 spiro atoms. The molecule has 3 unspecified atom stereocenters. The molecule has 4 nitrogen and oxygen atoms in total. The lowest BCUT2D eigenvalue weighted by Crippen LogP contribution is -2.50. The quantitative estimate of drug-likeness (QED) is 0.837. The van der Waals surface area contributed by atoms with Crippen LogP contribution in [-0.2, 0) is 16.0 Å². The van der Waals surface area contributed by atoms with Crippen LogP contribution in [0.2, 0.25) is 0 Å². The molecule has 1 aromatic carbocycles.